The molecule has 0 aromatic heterocycles. The quantitative estimate of drug-likeness (QED) is 0.821. The number of benzene rings is 1. The zero-order valence-corrected chi connectivity index (χ0v) is 12.2. The second-order valence-electron chi connectivity index (χ2n) is 5.37. The third-order valence-electron chi connectivity index (χ3n) is 2.57. The largest absolute Gasteiger partial charge is 0.324 e. The van der Waals surface area contributed by atoms with Crippen molar-refractivity contribution in [1.29, 1.82) is 0 Å². The highest BCUT2D eigenvalue weighted by Crippen LogP contribution is 2.28. The zero-order chi connectivity index (χ0) is 12.3. The van der Waals surface area contributed by atoms with Crippen LogP contribution in [0.5, 0.6) is 0 Å². The summed E-state index contributed by atoms with van der Waals surface area (Å²) in [5.74, 6) is -0.198. The molecular formula is C13H19FIN. The van der Waals surface area contributed by atoms with Crippen LogP contribution in [0.2, 0.25) is 0 Å². The second kappa shape index (κ2) is 5.45. The molecule has 0 amide bonds. The molecule has 16 heavy (non-hydrogen) atoms. The van der Waals surface area contributed by atoms with Gasteiger partial charge >= 0.3 is 0 Å². The SMILES string of the molecule is CC(C)(C)CCC(N)c1ccc(F)cc1I. The number of rotatable bonds is 3. The molecule has 0 aliphatic rings. The van der Waals surface area contributed by atoms with Gasteiger partial charge in [-0.15, -0.1) is 0 Å². The van der Waals surface area contributed by atoms with Gasteiger partial charge in [-0.05, 0) is 58.5 Å². The number of halogens is 2. The van der Waals surface area contributed by atoms with E-state index in [1.807, 2.05) is 0 Å². The first-order valence-corrected chi connectivity index (χ1v) is 6.58. The third-order valence-corrected chi connectivity index (χ3v) is 3.50. The van der Waals surface area contributed by atoms with Crippen LogP contribution in [0.1, 0.15) is 45.2 Å². The Hall–Kier alpha value is -0.160. The van der Waals surface area contributed by atoms with Gasteiger partial charge in [-0.25, -0.2) is 4.39 Å². The van der Waals surface area contributed by atoms with Crippen LogP contribution in [0.25, 0.3) is 0 Å². The van der Waals surface area contributed by atoms with Crippen molar-refractivity contribution < 1.29 is 4.39 Å². The molecule has 1 rings (SSSR count). The lowest BCUT2D eigenvalue weighted by molar-refractivity contribution is 0.349. The van der Waals surface area contributed by atoms with Gasteiger partial charge in [-0.2, -0.15) is 0 Å². The van der Waals surface area contributed by atoms with Crippen LogP contribution in [-0.2, 0) is 0 Å². The Balaban J connectivity index is 2.70. The Labute approximate surface area is 111 Å². The maximum Gasteiger partial charge on any atom is 0.124 e. The molecule has 1 atom stereocenters. The molecule has 0 bridgehead atoms. The van der Waals surface area contributed by atoms with E-state index >= 15 is 0 Å². The summed E-state index contributed by atoms with van der Waals surface area (Å²) >= 11 is 2.14. The van der Waals surface area contributed by atoms with E-state index in [1.54, 1.807) is 6.07 Å². The van der Waals surface area contributed by atoms with Gasteiger partial charge in [-0.3, -0.25) is 0 Å². The zero-order valence-electron chi connectivity index (χ0n) is 10.1. The highest BCUT2D eigenvalue weighted by Gasteiger charge is 2.15. The van der Waals surface area contributed by atoms with Gasteiger partial charge in [0.2, 0.25) is 0 Å². The summed E-state index contributed by atoms with van der Waals surface area (Å²) in [6.07, 6.45) is 2.01. The van der Waals surface area contributed by atoms with E-state index in [0.717, 1.165) is 22.0 Å². The molecule has 0 radical (unpaired) electrons. The third kappa shape index (κ3) is 4.37. The molecular weight excluding hydrogens is 316 g/mol. The van der Waals surface area contributed by atoms with Crippen molar-refractivity contribution >= 4 is 22.6 Å². The molecule has 1 aromatic rings. The molecule has 1 unspecified atom stereocenters. The molecule has 0 spiro atoms. The highest BCUT2D eigenvalue weighted by molar-refractivity contribution is 14.1. The smallest absolute Gasteiger partial charge is 0.124 e. The first-order valence-electron chi connectivity index (χ1n) is 5.50. The molecule has 1 nitrogen and oxygen atoms in total. The minimum atomic E-state index is -0.198. The van der Waals surface area contributed by atoms with E-state index in [4.69, 9.17) is 5.73 Å². The fraction of sp³-hybridized carbons (Fsp3) is 0.538. The van der Waals surface area contributed by atoms with E-state index in [2.05, 4.69) is 43.4 Å². The minimum Gasteiger partial charge on any atom is -0.324 e. The van der Waals surface area contributed by atoms with Gasteiger partial charge in [-0.1, -0.05) is 26.8 Å². The number of hydrogen-bond donors (Lipinski definition) is 1. The van der Waals surface area contributed by atoms with E-state index in [-0.39, 0.29) is 11.9 Å². The van der Waals surface area contributed by atoms with E-state index in [1.165, 1.54) is 12.1 Å². The summed E-state index contributed by atoms with van der Waals surface area (Å²) in [5, 5.41) is 0. The average molecular weight is 335 g/mol. The van der Waals surface area contributed by atoms with Crippen LogP contribution in [-0.4, -0.2) is 0 Å². The summed E-state index contributed by atoms with van der Waals surface area (Å²) < 4.78 is 13.9. The molecule has 0 fully saturated rings. The molecule has 0 heterocycles. The summed E-state index contributed by atoms with van der Waals surface area (Å²) in [7, 11) is 0. The van der Waals surface area contributed by atoms with Crippen molar-refractivity contribution in [3.8, 4) is 0 Å². The van der Waals surface area contributed by atoms with Crippen molar-refractivity contribution in [3.05, 3.63) is 33.1 Å². The fourth-order valence-electron chi connectivity index (χ4n) is 1.55. The van der Waals surface area contributed by atoms with Crippen molar-refractivity contribution in [1.82, 2.24) is 0 Å². The molecule has 0 aliphatic carbocycles. The lowest BCUT2D eigenvalue weighted by atomic mass is 9.87. The minimum absolute atomic E-state index is 0.00623. The Bertz CT molecular complexity index is 357. The molecule has 3 heteroatoms. The van der Waals surface area contributed by atoms with Gasteiger partial charge in [0, 0.05) is 9.61 Å². The van der Waals surface area contributed by atoms with E-state index in [9.17, 15) is 4.39 Å². The van der Waals surface area contributed by atoms with Crippen LogP contribution < -0.4 is 5.73 Å². The molecule has 0 saturated heterocycles. The average Bonchev–Trinajstić information content (AvgIpc) is 2.13. The van der Waals surface area contributed by atoms with Crippen LogP contribution >= 0.6 is 22.6 Å². The molecule has 0 aliphatic heterocycles. The molecule has 90 valence electrons. The van der Waals surface area contributed by atoms with Crippen LogP contribution in [0.15, 0.2) is 18.2 Å². The van der Waals surface area contributed by atoms with Crippen molar-refractivity contribution in [2.24, 2.45) is 11.1 Å². The first-order chi connectivity index (χ1) is 7.29. The molecule has 2 N–H and O–H groups in total. The van der Waals surface area contributed by atoms with Crippen molar-refractivity contribution in [3.63, 3.8) is 0 Å². The molecule has 0 saturated carbocycles. The van der Waals surface area contributed by atoms with E-state index < -0.39 is 0 Å². The maximum absolute atomic E-state index is 12.9. The summed E-state index contributed by atoms with van der Waals surface area (Å²) in [5.41, 5.74) is 7.47. The standard InChI is InChI=1S/C13H19FIN/c1-13(2,3)7-6-12(16)10-5-4-9(14)8-11(10)15/h4-5,8,12H,6-7,16H2,1-3H3. The highest BCUT2D eigenvalue weighted by atomic mass is 127. The maximum atomic E-state index is 12.9. The van der Waals surface area contributed by atoms with Gasteiger partial charge in [0.05, 0.1) is 0 Å². The lowest BCUT2D eigenvalue weighted by Gasteiger charge is -2.21. The lowest BCUT2D eigenvalue weighted by Crippen LogP contribution is -2.15. The van der Waals surface area contributed by atoms with Crippen LogP contribution in [0.3, 0.4) is 0 Å². The van der Waals surface area contributed by atoms with Gasteiger partial charge in [0.1, 0.15) is 5.82 Å². The Kier molecular flexibility index (Phi) is 4.73. The Morgan fingerprint density at radius 1 is 1.38 bits per heavy atom. The Morgan fingerprint density at radius 3 is 2.50 bits per heavy atom. The predicted molar refractivity (Wildman–Crippen MR) is 74.7 cm³/mol. The fourth-order valence-corrected chi connectivity index (χ4v) is 2.42. The number of nitrogens with two attached hydrogens (primary N) is 1. The second-order valence-corrected chi connectivity index (χ2v) is 6.53. The summed E-state index contributed by atoms with van der Waals surface area (Å²) in [6, 6.07) is 4.82. The first kappa shape index (κ1) is 13.9. The van der Waals surface area contributed by atoms with Gasteiger partial charge in [0.15, 0.2) is 0 Å². The molecule has 1 aromatic carbocycles. The van der Waals surface area contributed by atoms with Gasteiger partial charge < -0.3 is 5.73 Å². The van der Waals surface area contributed by atoms with E-state index in [0.29, 0.717) is 5.41 Å². The van der Waals surface area contributed by atoms with Crippen LogP contribution in [0, 0.1) is 14.8 Å². The number of hydrogen-bond acceptors (Lipinski definition) is 1. The van der Waals surface area contributed by atoms with Crippen molar-refractivity contribution in [2.75, 3.05) is 0 Å². The summed E-state index contributed by atoms with van der Waals surface area (Å²) in [4.78, 5) is 0. The summed E-state index contributed by atoms with van der Waals surface area (Å²) in [6.45, 7) is 6.61. The van der Waals surface area contributed by atoms with Crippen molar-refractivity contribution in [2.45, 2.75) is 39.7 Å². The van der Waals surface area contributed by atoms with Gasteiger partial charge in [0.25, 0.3) is 0 Å². The predicted octanol–water partition coefficient (Wildman–Crippen LogP) is 4.26. The monoisotopic (exact) mass is 335 g/mol. The normalized spacial score (nSPS) is 13.9. The van der Waals surface area contributed by atoms with Crippen LogP contribution in [0.4, 0.5) is 4.39 Å². The Morgan fingerprint density at radius 2 is 2.00 bits per heavy atom. The topological polar surface area (TPSA) is 26.0 Å².